The van der Waals surface area contributed by atoms with Crippen LogP contribution < -0.4 is 0 Å². The fourth-order valence-electron chi connectivity index (χ4n) is 3.94. The number of carboxylic acids is 1. The summed E-state index contributed by atoms with van der Waals surface area (Å²) in [6.07, 6.45) is 28.3. The van der Waals surface area contributed by atoms with Crippen molar-refractivity contribution >= 4 is 11.9 Å². The average Bonchev–Trinajstić information content (AvgIpc) is 2.77. The van der Waals surface area contributed by atoms with Gasteiger partial charge in [0.05, 0.1) is 12.3 Å². The Morgan fingerprint density at radius 2 is 1.25 bits per heavy atom. The van der Waals surface area contributed by atoms with Gasteiger partial charge in [0.15, 0.2) is 0 Å². The summed E-state index contributed by atoms with van der Waals surface area (Å²) in [5.41, 5.74) is 0. The van der Waals surface area contributed by atoms with Crippen LogP contribution in [-0.4, -0.2) is 23.7 Å². The van der Waals surface area contributed by atoms with E-state index in [4.69, 9.17) is 9.84 Å². The number of carbonyl (C=O) groups excluding carboxylic acids is 1. The minimum Gasteiger partial charge on any atom is -0.481 e. The Balaban J connectivity index is 3.51. The maximum absolute atomic E-state index is 11.9. The second kappa shape index (κ2) is 24.1. The summed E-state index contributed by atoms with van der Waals surface area (Å²) in [6.45, 7) is 5.92. The third-order valence-electron chi connectivity index (χ3n) is 5.91. The van der Waals surface area contributed by atoms with Gasteiger partial charge in [-0.3, -0.25) is 9.59 Å². The van der Waals surface area contributed by atoms with E-state index >= 15 is 0 Å². The van der Waals surface area contributed by atoms with E-state index in [0.717, 1.165) is 25.7 Å². The summed E-state index contributed by atoms with van der Waals surface area (Å²) >= 11 is 0. The Morgan fingerprint density at radius 3 is 1.72 bits per heavy atom. The molecule has 0 fully saturated rings. The quantitative estimate of drug-likeness (QED) is 0.0910. The van der Waals surface area contributed by atoms with E-state index in [-0.39, 0.29) is 13.0 Å². The number of esters is 1. The molecular formula is C28H50O4. The lowest BCUT2D eigenvalue weighted by atomic mass is 9.98. The van der Waals surface area contributed by atoms with Crippen LogP contribution in [0.1, 0.15) is 129 Å². The predicted octanol–water partition coefficient (Wildman–Crippen LogP) is 8.40. The maximum atomic E-state index is 11.9. The molecule has 0 aromatic rings. The number of rotatable bonds is 24. The lowest BCUT2D eigenvalue weighted by molar-refractivity contribution is -0.152. The largest absolute Gasteiger partial charge is 0.481 e. The molecule has 0 heterocycles. The number of carbonyl (C=O) groups is 2. The molecular weight excluding hydrogens is 400 g/mol. The highest BCUT2D eigenvalue weighted by Gasteiger charge is 2.22. The molecule has 0 rings (SSSR count). The van der Waals surface area contributed by atoms with Crippen LogP contribution >= 0.6 is 0 Å². The number of hydrogen-bond donors (Lipinski definition) is 1. The molecule has 4 heteroatoms. The summed E-state index contributed by atoms with van der Waals surface area (Å²) in [7, 11) is 0. The molecule has 186 valence electrons. The normalized spacial score (nSPS) is 12.2. The highest BCUT2D eigenvalue weighted by Crippen LogP contribution is 2.17. The zero-order chi connectivity index (χ0) is 23.7. The van der Waals surface area contributed by atoms with Gasteiger partial charge in [-0.05, 0) is 32.1 Å². The number of ether oxygens (including phenoxy) is 1. The second-order valence-corrected chi connectivity index (χ2v) is 9.00. The molecule has 0 radical (unpaired) electrons. The third kappa shape index (κ3) is 21.6. The monoisotopic (exact) mass is 450 g/mol. The number of carboxylic acid groups (broad SMARTS) is 1. The standard InChI is InChI=1S/C28H50O4/c1-3-5-6-7-8-9-10-11-12-13-14-15-16-17-18-19-20-21-22-23-26(25-27(29)30)28(31)32-24-4-2/h4,18-19,26H,2-3,5-17,20-25H2,1H3,(H,29,30)/b19-18+. The van der Waals surface area contributed by atoms with Crippen molar-refractivity contribution in [2.45, 2.75) is 129 Å². The van der Waals surface area contributed by atoms with Gasteiger partial charge < -0.3 is 9.84 Å². The van der Waals surface area contributed by atoms with E-state index in [0.29, 0.717) is 6.42 Å². The Labute approximate surface area is 197 Å². The maximum Gasteiger partial charge on any atom is 0.309 e. The Bertz CT molecular complexity index is 484. The van der Waals surface area contributed by atoms with Crippen LogP contribution in [0.15, 0.2) is 24.8 Å². The SMILES string of the molecule is C=CCOC(=O)C(CCCC/C=C/CCCCCCCCCCCCCCC)CC(=O)O. The second-order valence-electron chi connectivity index (χ2n) is 9.00. The highest BCUT2D eigenvalue weighted by atomic mass is 16.5. The first-order chi connectivity index (χ1) is 15.6. The molecule has 0 saturated carbocycles. The van der Waals surface area contributed by atoms with Gasteiger partial charge in [0, 0.05) is 0 Å². The summed E-state index contributed by atoms with van der Waals surface area (Å²) in [6, 6.07) is 0. The molecule has 4 nitrogen and oxygen atoms in total. The first-order valence-electron chi connectivity index (χ1n) is 13.3. The van der Waals surface area contributed by atoms with Crippen LogP contribution in [0.5, 0.6) is 0 Å². The lowest BCUT2D eigenvalue weighted by Gasteiger charge is -2.13. The average molecular weight is 451 g/mol. The molecule has 0 spiro atoms. The summed E-state index contributed by atoms with van der Waals surface area (Å²) in [5, 5.41) is 8.98. The van der Waals surface area contributed by atoms with E-state index in [1.54, 1.807) is 0 Å². The molecule has 0 aliphatic rings. The molecule has 0 aromatic carbocycles. The van der Waals surface area contributed by atoms with Gasteiger partial charge in [-0.2, -0.15) is 0 Å². The number of aliphatic carboxylic acids is 1. The minimum absolute atomic E-state index is 0.136. The van der Waals surface area contributed by atoms with E-state index in [9.17, 15) is 9.59 Å². The van der Waals surface area contributed by atoms with Crippen LogP contribution in [0.2, 0.25) is 0 Å². The third-order valence-corrected chi connectivity index (χ3v) is 5.91. The van der Waals surface area contributed by atoms with Crippen molar-refractivity contribution in [2.75, 3.05) is 6.61 Å². The van der Waals surface area contributed by atoms with E-state index in [1.165, 1.54) is 89.5 Å². The lowest BCUT2D eigenvalue weighted by Crippen LogP contribution is -2.21. The zero-order valence-corrected chi connectivity index (χ0v) is 20.8. The summed E-state index contributed by atoms with van der Waals surface area (Å²) in [4.78, 5) is 22.9. The van der Waals surface area contributed by atoms with Gasteiger partial charge in [0.2, 0.25) is 0 Å². The molecule has 0 amide bonds. The summed E-state index contributed by atoms with van der Waals surface area (Å²) in [5.74, 6) is -1.93. The van der Waals surface area contributed by atoms with Crippen molar-refractivity contribution in [3.05, 3.63) is 24.8 Å². The fraction of sp³-hybridized carbons (Fsp3) is 0.786. The predicted molar refractivity (Wildman–Crippen MR) is 135 cm³/mol. The summed E-state index contributed by atoms with van der Waals surface area (Å²) < 4.78 is 5.01. The smallest absolute Gasteiger partial charge is 0.309 e. The molecule has 0 aromatic heterocycles. The van der Waals surface area contributed by atoms with E-state index < -0.39 is 17.9 Å². The number of unbranched alkanes of at least 4 members (excludes halogenated alkanes) is 15. The van der Waals surface area contributed by atoms with Crippen LogP contribution in [0.25, 0.3) is 0 Å². The Kier molecular flexibility index (Phi) is 22.9. The molecule has 1 atom stereocenters. The van der Waals surface area contributed by atoms with Gasteiger partial charge in [-0.1, -0.05) is 115 Å². The van der Waals surface area contributed by atoms with Gasteiger partial charge in [0.1, 0.15) is 6.61 Å². The van der Waals surface area contributed by atoms with Crippen molar-refractivity contribution in [2.24, 2.45) is 5.92 Å². The fourth-order valence-corrected chi connectivity index (χ4v) is 3.94. The Morgan fingerprint density at radius 1 is 0.781 bits per heavy atom. The molecule has 32 heavy (non-hydrogen) atoms. The van der Waals surface area contributed by atoms with Gasteiger partial charge >= 0.3 is 11.9 Å². The zero-order valence-electron chi connectivity index (χ0n) is 20.8. The van der Waals surface area contributed by atoms with Crippen LogP contribution in [-0.2, 0) is 14.3 Å². The van der Waals surface area contributed by atoms with Crippen molar-refractivity contribution in [1.29, 1.82) is 0 Å². The molecule has 1 N–H and O–H groups in total. The van der Waals surface area contributed by atoms with Crippen LogP contribution in [0.3, 0.4) is 0 Å². The van der Waals surface area contributed by atoms with Gasteiger partial charge in [-0.15, -0.1) is 0 Å². The van der Waals surface area contributed by atoms with Crippen molar-refractivity contribution < 1.29 is 19.4 Å². The topological polar surface area (TPSA) is 63.6 Å². The van der Waals surface area contributed by atoms with Crippen molar-refractivity contribution in [3.8, 4) is 0 Å². The van der Waals surface area contributed by atoms with E-state index in [2.05, 4.69) is 25.7 Å². The minimum atomic E-state index is -0.955. The molecule has 0 aliphatic carbocycles. The molecule has 0 saturated heterocycles. The number of hydrogen-bond acceptors (Lipinski definition) is 3. The van der Waals surface area contributed by atoms with Gasteiger partial charge in [0.25, 0.3) is 0 Å². The van der Waals surface area contributed by atoms with Crippen molar-refractivity contribution in [1.82, 2.24) is 0 Å². The first-order valence-corrected chi connectivity index (χ1v) is 13.3. The molecule has 1 unspecified atom stereocenters. The van der Waals surface area contributed by atoms with Gasteiger partial charge in [-0.25, -0.2) is 0 Å². The van der Waals surface area contributed by atoms with E-state index in [1.807, 2.05) is 0 Å². The molecule has 0 aliphatic heterocycles. The van der Waals surface area contributed by atoms with Crippen molar-refractivity contribution in [3.63, 3.8) is 0 Å². The Hall–Kier alpha value is -1.58. The van der Waals surface area contributed by atoms with Crippen LogP contribution in [0, 0.1) is 5.92 Å². The highest BCUT2D eigenvalue weighted by molar-refractivity contribution is 5.79. The first kappa shape index (κ1) is 30.4. The molecule has 0 bridgehead atoms. The van der Waals surface area contributed by atoms with Crippen LogP contribution in [0.4, 0.5) is 0 Å². The number of allylic oxidation sites excluding steroid dienone is 2.